The van der Waals surface area contributed by atoms with Gasteiger partial charge in [-0.2, -0.15) is 5.10 Å². The third-order valence-corrected chi connectivity index (χ3v) is 4.78. The monoisotopic (exact) mass is 358 g/mol. The summed E-state index contributed by atoms with van der Waals surface area (Å²) in [7, 11) is 0. The van der Waals surface area contributed by atoms with Gasteiger partial charge in [-0.3, -0.25) is 4.68 Å². The molecule has 0 saturated carbocycles. The molecule has 1 fully saturated rings. The van der Waals surface area contributed by atoms with Crippen molar-refractivity contribution in [1.82, 2.24) is 14.7 Å². The Balaban J connectivity index is 1.44. The number of nitrogens with zero attached hydrogens (tertiary/aromatic N) is 3. The first-order chi connectivity index (χ1) is 12.3. The standard InChI is InChI=1S/C19H26N4O3/c1-12-20-16-9-13-11-23(21-15(13)10-17(16)25-12)14-5-7-22(8-6-14)18(24)26-19(2,3)4/h9-12,14,20H,5-8H2,1-4H3. The van der Waals surface area contributed by atoms with E-state index >= 15 is 0 Å². The number of amides is 1. The Morgan fingerprint density at radius 1 is 1.31 bits per heavy atom. The number of hydrogen-bond donors (Lipinski definition) is 1. The van der Waals surface area contributed by atoms with Gasteiger partial charge in [0.05, 0.1) is 17.2 Å². The first-order valence-electron chi connectivity index (χ1n) is 9.22. The van der Waals surface area contributed by atoms with Crippen LogP contribution in [0.4, 0.5) is 10.5 Å². The van der Waals surface area contributed by atoms with Crippen molar-refractivity contribution < 1.29 is 14.3 Å². The molecule has 3 heterocycles. The third kappa shape index (κ3) is 3.30. The van der Waals surface area contributed by atoms with E-state index < -0.39 is 5.60 Å². The van der Waals surface area contributed by atoms with Gasteiger partial charge < -0.3 is 19.7 Å². The number of rotatable bonds is 1. The van der Waals surface area contributed by atoms with Crippen molar-refractivity contribution >= 4 is 22.7 Å². The minimum absolute atomic E-state index is 0.000751. The van der Waals surface area contributed by atoms with Gasteiger partial charge in [0.25, 0.3) is 0 Å². The Morgan fingerprint density at radius 3 is 2.73 bits per heavy atom. The molecular formula is C19H26N4O3. The molecule has 2 aliphatic heterocycles. The number of likely N-dealkylation sites (tertiary alicyclic amines) is 1. The molecule has 1 unspecified atom stereocenters. The molecule has 1 aromatic carbocycles. The van der Waals surface area contributed by atoms with Crippen LogP contribution >= 0.6 is 0 Å². The number of nitrogens with one attached hydrogen (secondary N) is 1. The number of ether oxygens (including phenoxy) is 2. The number of fused-ring (bicyclic) bond motifs is 2. The highest BCUT2D eigenvalue weighted by atomic mass is 16.6. The molecule has 4 rings (SSSR count). The van der Waals surface area contributed by atoms with Gasteiger partial charge in [-0.05, 0) is 46.6 Å². The second-order valence-electron chi connectivity index (χ2n) is 8.12. The van der Waals surface area contributed by atoms with E-state index in [1.165, 1.54) is 0 Å². The normalized spacial score (nSPS) is 20.6. The van der Waals surface area contributed by atoms with Crippen molar-refractivity contribution in [1.29, 1.82) is 0 Å². The maximum atomic E-state index is 12.2. The Morgan fingerprint density at radius 2 is 2.04 bits per heavy atom. The van der Waals surface area contributed by atoms with Crippen LogP contribution < -0.4 is 10.1 Å². The zero-order valence-electron chi connectivity index (χ0n) is 15.8. The Kier molecular flexibility index (Phi) is 3.97. The van der Waals surface area contributed by atoms with Gasteiger partial charge in [0.1, 0.15) is 11.4 Å². The van der Waals surface area contributed by atoms with Crippen LogP contribution in [0.3, 0.4) is 0 Å². The summed E-state index contributed by atoms with van der Waals surface area (Å²) >= 11 is 0. The van der Waals surface area contributed by atoms with Gasteiger partial charge in [0.15, 0.2) is 6.23 Å². The minimum Gasteiger partial charge on any atom is -0.469 e. The van der Waals surface area contributed by atoms with Crippen molar-refractivity contribution in [2.24, 2.45) is 0 Å². The lowest BCUT2D eigenvalue weighted by Crippen LogP contribution is -2.42. The zero-order chi connectivity index (χ0) is 18.5. The van der Waals surface area contributed by atoms with Crippen LogP contribution in [0.15, 0.2) is 18.3 Å². The molecule has 140 valence electrons. The molecule has 7 nitrogen and oxygen atoms in total. The molecule has 1 amide bonds. The van der Waals surface area contributed by atoms with Crippen LogP contribution in [0.5, 0.6) is 5.75 Å². The highest BCUT2D eigenvalue weighted by Crippen LogP contribution is 2.36. The summed E-state index contributed by atoms with van der Waals surface area (Å²) in [5.41, 5.74) is 1.50. The quantitative estimate of drug-likeness (QED) is 0.841. The third-order valence-electron chi connectivity index (χ3n) is 4.78. The average Bonchev–Trinajstić information content (AvgIpc) is 3.12. The van der Waals surface area contributed by atoms with E-state index in [1.807, 2.05) is 38.4 Å². The van der Waals surface area contributed by atoms with Gasteiger partial charge in [-0.1, -0.05) is 0 Å². The van der Waals surface area contributed by atoms with Gasteiger partial charge >= 0.3 is 6.09 Å². The first-order valence-corrected chi connectivity index (χ1v) is 9.22. The summed E-state index contributed by atoms with van der Waals surface area (Å²) in [4.78, 5) is 14.0. The van der Waals surface area contributed by atoms with Crippen LogP contribution in [0, 0.1) is 0 Å². The van der Waals surface area contributed by atoms with E-state index in [2.05, 4.69) is 17.6 Å². The Bertz CT molecular complexity index is 788. The predicted octanol–water partition coefficient (Wildman–Crippen LogP) is 3.76. The molecule has 26 heavy (non-hydrogen) atoms. The summed E-state index contributed by atoms with van der Waals surface area (Å²) in [6.45, 7) is 9.04. The molecule has 1 N–H and O–H groups in total. The number of hydrogen-bond acceptors (Lipinski definition) is 5. The fourth-order valence-corrected chi connectivity index (χ4v) is 3.55. The lowest BCUT2D eigenvalue weighted by molar-refractivity contribution is 0.0185. The minimum atomic E-state index is -0.457. The highest BCUT2D eigenvalue weighted by molar-refractivity contribution is 5.86. The van der Waals surface area contributed by atoms with Crippen molar-refractivity contribution in [3.63, 3.8) is 0 Å². The molecule has 2 aliphatic rings. The fourth-order valence-electron chi connectivity index (χ4n) is 3.55. The van der Waals surface area contributed by atoms with E-state index in [0.717, 1.165) is 35.2 Å². The summed E-state index contributed by atoms with van der Waals surface area (Å²) in [6, 6.07) is 4.38. The van der Waals surface area contributed by atoms with Crippen molar-refractivity contribution in [2.45, 2.75) is 58.4 Å². The summed E-state index contributed by atoms with van der Waals surface area (Å²) in [6.07, 6.45) is 3.61. The summed E-state index contributed by atoms with van der Waals surface area (Å²) in [5.74, 6) is 0.856. The largest absolute Gasteiger partial charge is 0.469 e. The molecule has 0 bridgehead atoms. The lowest BCUT2D eigenvalue weighted by Gasteiger charge is -2.33. The average molecular weight is 358 g/mol. The van der Waals surface area contributed by atoms with E-state index in [0.29, 0.717) is 19.1 Å². The smallest absolute Gasteiger partial charge is 0.410 e. The van der Waals surface area contributed by atoms with Crippen LogP contribution in [0.25, 0.3) is 10.9 Å². The summed E-state index contributed by atoms with van der Waals surface area (Å²) in [5, 5.41) is 9.14. The number of carbonyl (C=O) groups is 1. The second kappa shape index (κ2) is 6.07. The molecule has 0 spiro atoms. The van der Waals surface area contributed by atoms with Crippen LogP contribution in [0.2, 0.25) is 0 Å². The van der Waals surface area contributed by atoms with E-state index in [1.54, 1.807) is 4.90 Å². The molecular weight excluding hydrogens is 332 g/mol. The molecule has 1 aromatic heterocycles. The second-order valence-corrected chi connectivity index (χ2v) is 8.12. The topological polar surface area (TPSA) is 68.6 Å². The molecule has 0 aliphatic carbocycles. The van der Waals surface area contributed by atoms with Crippen molar-refractivity contribution in [2.75, 3.05) is 18.4 Å². The van der Waals surface area contributed by atoms with Gasteiger partial charge in [-0.15, -0.1) is 0 Å². The Labute approximate surface area is 153 Å². The SMILES string of the molecule is CC1Nc2cc3cn(C4CCN(C(=O)OC(C)(C)C)CC4)nc3cc2O1. The maximum absolute atomic E-state index is 12.2. The van der Waals surface area contributed by atoms with Crippen LogP contribution in [0.1, 0.15) is 46.6 Å². The molecule has 1 atom stereocenters. The number of piperidine rings is 1. The summed E-state index contributed by atoms with van der Waals surface area (Å²) < 4.78 is 13.2. The molecule has 7 heteroatoms. The maximum Gasteiger partial charge on any atom is 0.410 e. The molecule has 0 radical (unpaired) electrons. The highest BCUT2D eigenvalue weighted by Gasteiger charge is 2.28. The van der Waals surface area contributed by atoms with Gasteiger partial charge in [0.2, 0.25) is 0 Å². The van der Waals surface area contributed by atoms with Crippen molar-refractivity contribution in [3.05, 3.63) is 18.3 Å². The number of anilines is 1. The van der Waals surface area contributed by atoms with E-state index in [-0.39, 0.29) is 12.3 Å². The van der Waals surface area contributed by atoms with Crippen LogP contribution in [-0.4, -0.2) is 45.7 Å². The predicted molar refractivity (Wildman–Crippen MR) is 99.5 cm³/mol. The fraction of sp³-hybridized carbons (Fsp3) is 0.579. The number of carbonyl (C=O) groups excluding carboxylic acids is 1. The molecule has 2 aromatic rings. The lowest BCUT2D eigenvalue weighted by atomic mass is 10.1. The first kappa shape index (κ1) is 17.0. The van der Waals surface area contributed by atoms with E-state index in [4.69, 9.17) is 14.6 Å². The number of benzene rings is 1. The number of aromatic nitrogens is 2. The van der Waals surface area contributed by atoms with Crippen molar-refractivity contribution in [3.8, 4) is 5.75 Å². The van der Waals surface area contributed by atoms with Gasteiger partial charge in [-0.25, -0.2) is 4.79 Å². The van der Waals surface area contributed by atoms with Crippen LogP contribution in [-0.2, 0) is 4.74 Å². The van der Waals surface area contributed by atoms with Gasteiger partial charge in [0, 0.05) is 30.7 Å². The zero-order valence-corrected chi connectivity index (χ0v) is 15.8. The Hall–Kier alpha value is -2.44. The molecule has 1 saturated heterocycles. The van der Waals surface area contributed by atoms with E-state index in [9.17, 15) is 4.79 Å².